The summed E-state index contributed by atoms with van der Waals surface area (Å²) in [5.41, 5.74) is 2.63. The zero-order valence-electron chi connectivity index (χ0n) is 20.3. The van der Waals surface area contributed by atoms with Crippen molar-refractivity contribution in [2.45, 2.75) is 63.5 Å². The minimum absolute atomic E-state index is 0.538. The summed E-state index contributed by atoms with van der Waals surface area (Å²) in [5.74, 6) is 2.08. The van der Waals surface area contributed by atoms with Gasteiger partial charge in [0, 0.05) is 55.9 Å². The molecule has 1 unspecified atom stereocenters. The summed E-state index contributed by atoms with van der Waals surface area (Å²) in [7, 11) is 0. The minimum Gasteiger partial charge on any atom is -0.381 e. The van der Waals surface area contributed by atoms with Crippen LogP contribution in [0.1, 0.15) is 50.6 Å². The Bertz CT molecular complexity index is 972. The lowest BCUT2D eigenvalue weighted by Gasteiger charge is -2.30. The number of anilines is 1. The van der Waals surface area contributed by atoms with Crippen LogP contribution in [-0.2, 0) is 15.9 Å². The lowest BCUT2D eigenvalue weighted by Crippen LogP contribution is -2.41. The fourth-order valence-corrected chi connectivity index (χ4v) is 5.93. The molecule has 2 aromatic heterocycles. The highest BCUT2D eigenvalue weighted by Gasteiger charge is 2.25. The highest BCUT2D eigenvalue weighted by molar-refractivity contribution is 6.36. The second-order valence-corrected chi connectivity index (χ2v) is 11.1. The van der Waals surface area contributed by atoms with E-state index in [0.29, 0.717) is 39.7 Å². The first-order valence-electron chi connectivity index (χ1n) is 13.1. The molecule has 4 heterocycles. The molecule has 3 aliphatic rings. The van der Waals surface area contributed by atoms with Crippen LogP contribution in [0.3, 0.4) is 0 Å². The van der Waals surface area contributed by atoms with Crippen LogP contribution in [0.4, 0.5) is 5.82 Å². The Kier molecular flexibility index (Phi) is 8.79. The molecular weight excluding hydrogens is 483 g/mol. The standard InChI is InChI=1S/C27H36Cl2N4O2/c28-24-5-6-26(31-15-19-7-10-34-11-8-19)33-27(24)23-14-22(30-16-25(23)29)13-18-1-3-20(4-2-18)32-21-9-12-35-17-21/h5-6,14,16,18-21,32H,1-4,7-13,15,17H2,(H,31,33). The predicted octanol–water partition coefficient (Wildman–Crippen LogP) is 5.77. The van der Waals surface area contributed by atoms with E-state index in [1.807, 2.05) is 12.1 Å². The molecule has 1 atom stereocenters. The van der Waals surface area contributed by atoms with Crippen LogP contribution < -0.4 is 10.6 Å². The highest BCUT2D eigenvalue weighted by atomic mass is 35.5. The number of ether oxygens (including phenoxy) is 2. The average molecular weight is 520 g/mol. The lowest BCUT2D eigenvalue weighted by atomic mass is 9.83. The third-order valence-corrected chi connectivity index (χ3v) is 8.28. The topological polar surface area (TPSA) is 68.3 Å². The lowest BCUT2D eigenvalue weighted by molar-refractivity contribution is 0.0699. The zero-order chi connectivity index (χ0) is 24.0. The van der Waals surface area contributed by atoms with Crippen LogP contribution in [-0.4, -0.2) is 55.0 Å². The van der Waals surface area contributed by atoms with Gasteiger partial charge < -0.3 is 20.1 Å². The zero-order valence-corrected chi connectivity index (χ0v) is 21.8. The maximum absolute atomic E-state index is 6.58. The molecule has 1 aliphatic carbocycles. The van der Waals surface area contributed by atoms with Crippen molar-refractivity contribution in [2.75, 3.05) is 38.3 Å². The fourth-order valence-electron chi connectivity index (χ4n) is 5.53. The molecule has 2 aliphatic heterocycles. The molecule has 5 rings (SSSR count). The van der Waals surface area contributed by atoms with Gasteiger partial charge >= 0.3 is 0 Å². The van der Waals surface area contributed by atoms with Crippen LogP contribution in [0.2, 0.25) is 10.0 Å². The minimum atomic E-state index is 0.538. The first-order chi connectivity index (χ1) is 17.1. The molecule has 0 radical (unpaired) electrons. The number of nitrogens with zero attached hydrogens (tertiary/aromatic N) is 2. The molecule has 2 saturated heterocycles. The number of hydrogen-bond acceptors (Lipinski definition) is 6. The van der Waals surface area contributed by atoms with Crippen molar-refractivity contribution in [3.8, 4) is 11.3 Å². The molecule has 8 heteroatoms. The van der Waals surface area contributed by atoms with Gasteiger partial charge in [-0.2, -0.15) is 0 Å². The summed E-state index contributed by atoms with van der Waals surface area (Å²) in [5, 5.41) is 8.45. The maximum Gasteiger partial charge on any atom is 0.126 e. The van der Waals surface area contributed by atoms with Crippen LogP contribution in [0.25, 0.3) is 11.3 Å². The number of hydrogen-bond donors (Lipinski definition) is 2. The maximum atomic E-state index is 6.58. The second kappa shape index (κ2) is 12.2. The Hall–Kier alpha value is -1.44. The van der Waals surface area contributed by atoms with Gasteiger partial charge in [0.25, 0.3) is 0 Å². The molecule has 0 bridgehead atoms. The summed E-state index contributed by atoms with van der Waals surface area (Å²) in [6, 6.07) is 7.07. The van der Waals surface area contributed by atoms with Crippen molar-refractivity contribution in [3.63, 3.8) is 0 Å². The van der Waals surface area contributed by atoms with Crippen molar-refractivity contribution >= 4 is 29.0 Å². The van der Waals surface area contributed by atoms with Gasteiger partial charge in [0.2, 0.25) is 0 Å². The van der Waals surface area contributed by atoms with Crippen molar-refractivity contribution in [2.24, 2.45) is 11.8 Å². The van der Waals surface area contributed by atoms with E-state index in [9.17, 15) is 0 Å². The molecule has 3 fully saturated rings. The third-order valence-electron chi connectivity index (χ3n) is 7.67. The molecule has 0 amide bonds. The number of rotatable bonds is 8. The molecule has 0 aromatic carbocycles. The van der Waals surface area contributed by atoms with Gasteiger partial charge in [0.05, 0.1) is 22.3 Å². The predicted molar refractivity (Wildman–Crippen MR) is 141 cm³/mol. The summed E-state index contributed by atoms with van der Waals surface area (Å²) < 4.78 is 11.0. The number of nitrogens with one attached hydrogen (secondary N) is 2. The van der Waals surface area contributed by atoms with Crippen molar-refractivity contribution < 1.29 is 9.47 Å². The summed E-state index contributed by atoms with van der Waals surface area (Å²) >= 11 is 13.2. The van der Waals surface area contributed by atoms with E-state index in [1.54, 1.807) is 6.20 Å². The smallest absolute Gasteiger partial charge is 0.126 e. The summed E-state index contributed by atoms with van der Waals surface area (Å²) in [6.45, 7) is 4.33. The van der Waals surface area contributed by atoms with Gasteiger partial charge in [0.15, 0.2) is 0 Å². The van der Waals surface area contributed by atoms with E-state index in [1.165, 1.54) is 25.7 Å². The monoisotopic (exact) mass is 518 g/mol. The van der Waals surface area contributed by atoms with E-state index < -0.39 is 0 Å². The van der Waals surface area contributed by atoms with Crippen LogP contribution >= 0.6 is 23.2 Å². The number of halogens is 2. The second-order valence-electron chi connectivity index (χ2n) is 10.3. The van der Waals surface area contributed by atoms with E-state index in [-0.39, 0.29) is 0 Å². The van der Waals surface area contributed by atoms with Crippen LogP contribution in [0.5, 0.6) is 0 Å². The SMILES string of the molecule is Clc1cnc(CC2CCC(NC3CCOC3)CC2)cc1-c1nc(NCC2CCOCC2)ccc1Cl. The first-order valence-corrected chi connectivity index (χ1v) is 13.9. The Labute approximate surface area is 218 Å². The van der Waals surface area contributed by atoms with E-state index >= 15 is 0 Å². The van der Waals surface area contributed by atoms with E-state index in [4.69, 9.17) is 37.7 Å². The first kappa shape index (κ1) is 25.2. The molecule has 2 N–H and O–H groups in total. The van der Waals surface area contributed by atoms with Crippen molar-refractivity contribution in [1.82, 2.24) is 15.3 Å². The van der Waals surface area contributed by atoms with Gasteiger partial charge in [-0.05, 0) is 81.4 Å². The normalized spacial score (nSPS) is 25.6. The Balaban J connectivity index is 1.21. The largest absolute Gasteiger partial charge is 0.381 e. The average Bonchev–Trinajstić information content (AvgIpc) is 3.40. The third kappa shape index (κ3) is 6.86. The van der Waals surface area contributed by atoms with E-state index in [2.05, 4.69) is 21.7 Å². The quantitative estimate of drug-likeness (QED) is 0.462. The van der Waals surface area contributed by atoms with Crippen molar-refractivity contribution in [1.29, 1.82) is 0 Å². The Morgan fingerprint density at radius 1 is 0.857 bits per heavy atom. The Morgan fingerprint density at radius 2 is 1.66 bits per heavy atom. The number of aromatic nitrogens is 2. The molecule has 190 valence electrons. The molecule has 2 aromatic rings. The number of pyridine rings is 2. The van der Waals surface area contributed by atoms with Crippen LogP contribution in [0.15, 0.2) is 24.4 Å². The van der Waals surface area contributed by atoms with Gasteiger partial charge in [-0.15, -0.1) is 0 Å². The van der Waals surface area contributed by atoms with Gasteiger partial charge in [-0.25, -0.2) is 4.98 Å². The highest BCUT2D eigenvalue weighted by Crippen LogP contribution is 2.34. The molecule has 0 spiro atoms. The molecule has 35 heavy (non-hydrogen) atoms. The Morgan fingerprint density at radius 3 is 2.43 bits per heavy atom. The van der Waals surface area contributed by atoms with Crippen LogP contribution in [0, 0.1) is 11.8 Å². The summed E-state index contributed by atoms with van der Waals surface area (Å²) in [4.78, 5) is 9.48. The van der Waals surface area contributed by atoms with Gasteiger partial charge in [-0.3, -0.25) is 4.98 Å². The van der Waals surface area contributed by atoms with E-state index in [0.717, 1.165) is 75.7 Å². The molecular formula is C27H36Cl2N4O2. The molecule has 6 nitrogen and oxygen atoms in total. The van der Waals surface area contributed by atoms with Gasteiger partial charge in [-0.1, -0.05) is 23.2 Å². The fraction of sp³-hybridized carbons (Fsp3) is 0.630. The summed E-state index contributed by atoms with van der Waals surface area (Å²) in [6.07, 6.45) is 10.9. The van der Waals surface area contributed by atoms with Crippen molar-refractivity contribution in [3.05, 3.63) is 40.1 Å². The van der Waals surface area contributed by atoms with Gasteiger partial charge in [0.1, 0.15) is 5.82 Å². The molecule has 1 saturated carbocycles.